The Morgan fingerprint density at radius 3 is 2.70 bits per heavy atom. The zero-order valence-corrected chi connectivity index (χ0v) is 16.6. The summed E-state index contributed by atoms with van der Waals surface area (Å²) in [4.78, 5) is 17.7. The molecule has 1 amide bonds. The van der Waals surface area contributed by atoms with Gasteiger partial charge in [0.1, 0.15) is 13.2 Å². The van der Waals surface area contributed by atoms with Crippen LogP contribution in [0, 0.1) is 5.92 Å². The molecule has 1 N–H and O–H groups in total. The third-order valence-electron chi connectivity index (χ3n) is 5.42. The summed E-state index contributed by atoms with van der Waals surface area (Å²) in [6, 6.07) is 9.93. The highest BCUT2D eigenvalue weighted by Gasteiger charge is 2.26. The number of piperidine rings is 1. The fraction of sp³-hybridized carbons (Fsp3) is 0.476. The van der Waals surface area contributed by atoms with Crippen LogP contribution in [0.1, 0.15) is 24.6 Å². The molecule has 1 aromatic carbocycles. The minimum atomic E-state index is 0.171. The molecule has 1 fully saturated rings. The standard InChI is InChI=1S/C21H26N2O3S/c1-16-6-8-22(9-7-16)15-21(24)23(14-18-3-2-12-27-18)17-4-5-19-20(13-17)26-11-10-25-19/h2-5,12-13,16H,6-11,14-15H2,1H3/p+1. The molecule has 144 valence electrons. The number of nitrogens with zero attached hydrogens (tertiary/aromatic N) is 1. The maximum Gasteiger partial charge on any atom is 0.282 e. The van der Waals surface area contributed by atoms with Gasteiger partial charge in [-0.25, -0.2) is 0 Å². The topological polar surface area (TPSA) is 43.2 Å². The Morgan fingerprint density at radius 2 is 1.96 bits per heavy atom. The number of ether oxygens (including phenoxy) is 2. The minimum absolute atomic E-state index is 0.171. The lowest BCUT2D eigenvalue weighted by Crippen LogP contribution is -3.14. The Kier molecular flexibility index (Phi) is 5.64. The lowest BCUT2D eigenvalue weighted by molar-refractivity contribution is -0.898. The molecule has 2 aromatic rings. The third kappa shape index (κ3) is 4.45. The van der Waals surface area contributed by atoms with Crippen LogP contribution in [-0.2, 0) is 11.3 Å². The van der Waals surface area contributed by atoms with Crippen molar-refractivity contribution >= 4 is 22.9 Å². The molecule has 3 heterocycles. The number of amides is 1. The Labute approximate surface area is 164 Å². The van der Waals surface area contributed by atoms with E-state index < -0.39 is 0 Å². The van der Waals surface area contributed by atoms with E-state index in [2.05, 4.69) is 18.4 Å². The van der Waals surface area contributed by atoms with Gasteiger partial charge in [0.15, 0.2) is 18.0 Å². The average molecular weight is 388 g/mol. The largest absolute Gasteiger partial charge is 0.486 e. The predicted molar refractivity (Wildman–Crippen MR) is 107 cm³/mol. The maximum atomic E-state index is 13.2. The van der Waals surface area contributed by atoms with E-state index in [0.29, 0.717) is 26.3 Å². The zero-order chi connectivity index (χ0) is 18.6. The van der Waals surface area contributed by atoms with Gasteiger partial charge in [-0.05, 0) is 42.3 Å². The maximum absolute atomic E-state index is 13.2. The number of hydrogen-bond acceptors (Lipinski definition) is 4. The second-order valence-electron chi connectivity index (χ2n) is 7.50. The molecule has 0 spiro atoms. The zero-order valence-electron chi connectivity index (χ0n) is 15.8. The summed E-state index contributed by atoms with van der Waals surface area (Å²) >= 11 is 1.68. The van der Waals surface area contributed by atoms with E-state index in [9.17, 15) is 4.79 Å². The van der Waals surface area contributed by atoms with E-state index in [1.807, 2.05) is 29.2 Å². The summed E-state index contributed by atoms with van der Waals surface area (Å²) < 4.78 is 11.4. The van der Waals surface area contributed by atoms with Crippen LogP contribution in [0.3, 0.4) is 0 Å². The molecule has 5 nitrogen and oxygen atoms in total. The average Bonchev–Trinajstić information content (AvgIpc) is 3.21. The highest BCUT2D eigenvalue weighted by Crippen LogP contribution is 2.34. The van der Waals surface area contributed by atoms with Gasteiger partial charge in [-0.3, -0.25) is 4.79 Å². The molecule has 0 bridgehead atoms. The number of carbonyl (C=O) groups excluding carboxylic acids is 1. The second-order valence-corrected chi connectivity index (χ2v) is 8.53. The van der Waals surface area contributed by atoms with Crippen LogP contribution in [0.15, 0.2) is 35.7 Å². The number of likely N-dealkylation sites (tertiary alicyclic amines) is 1. The van der Waals surface area contributed by atoms with E-state index in [1.54, 1.807) is 11.3 Å². The van der Waals surface area contributed by atoms with E-state index in [-0.39, 0.29) is 5.91 Å². The molecule has 2 aliphatic rings. The van der Waals surface area contributed by atoms with Crippen molar-refractivity contribution in [2.45, 2.75) is 26.3 Å². The molecule has 0 radical (unpaired) electrons. The number of benzene rings is 1. The molecule has 0 saturated carbocycles. The third-order valence-corrected chi connectivity index (χ3v) is 6.28. The Bertz CT molecular complexity index is 770. The van der Waals surface area contributed by atoms with Crippen LogP contribution in [-0.4, -0.2) is 38.8 Å². The van der Waals surface area contributed by atoms with Crippen molar-refractivity contribution in [3.63, 3.8) is 0 Å². The molecule has 27 heavy (non-hydrogen) atoms. The summed E-state index contributed by atoms with van der Waals surface area (Å²) in [5.41, 5.74) is 0.877. The Balaban J connectivity index is 1.54. The first-order chi connectivity index (χ1) is 13.2. The van der Waals surface area contributed by atoms with Crippen molar-refractivity contribution in [3.8, 4) is 11.5 Å². The smallest absolute Gasteiger partial charge is 0.282 e. The van der Waals surface area contributed by atoms with Gasteiger partial charge in [0, 0.05) is 16.6 Å². The molecule has 6 heteroatoms. The van der Waals surface area contributed by atoms with E-state index in [1.165, 1.54) is 22.6 Å². The van der Waals surface area contributed by atoms with Crippen LogP contribution in [0.25, 0.3) is 0 Å². The molecule has 0 atom stereocenters. The fourth-order valence-corrected chi connectivity index (χ4v) is 4.43. The van der Waals surface area contributed by atoms with Gasteiger partial charge in [-0.15, -0.1) is 11.3 Å². The number of quaternary nitrogens is 1. The summed E-state index contributed by atoms with van der Waals surface area (Å²) in [7, 11) is 0. The molecule has 2 aliphatic heterocycles. The van der Waals surface area contributed by atoms with Gasteiger partial charge in [0.25, 0.3) is 5.91 Å². The normalized spacial score (nSPS) is 21.7. The monoisotopic (exact) mass is 387 g/mol. The van der Waals surface area contributed by atoms with Crippen molar-refractivity contribution in [3.05, 3.63) is 40.6 Å². The van der Waals surface area contributed by atoms with Crippen LogP contribution in [0.4, 0.5) is 5.69 Å². The number of nitrogens with one attached hydrogen (secondary N) is 1. The van der Waals surface area contributed by atoms with Gasteiger partial charge in [-0.1, -0.05) is 13.0 Å². The number of hydrogen-bond donors (Lipinski definition) is 1. The van der Waals surface area contributed by atoms with Crippen molar-refractivity contribution in [1.29, 1.82) is 0 Å². The van der Waals surface area contributed by atoms with Gasteiger partial charge in [-0.2, -0.15) is 0 Å². The predicted octanol–water partition coefficient (Wildman–Crippen LogP) is 2.37. The lowest BCUT2D eigenvalue weighted by atomic mass is 9.99. The molecule has 0 unspecified atom stereocenters. The van der Waals surface area contributed by atoms with E-state index in [0.717, 1.165) is 36.2 Å². The van der Waals surface area contributed by atoms with Crippen LogP contribution in [0.5, 0.6) is 11.5 Å². The molecule has 4 rings (SSSR count). The van der Waals surface area contributed by atoms with Gasteiger partial charge in [0.2, 0.25) is 0 Å². The Morgan fingerprint density at radius 1 is 1.19 bits per heavy atom. The summed E-state index contributed by atoms with van der Waals surface area (Å²) in [5, 5.41) is 2.05. The SMILES string of the molecule is CC1CC[NH+](CC(=O)N(Cc2cccs2)c2ccc3c(c2)OCCO3)CC1. The number of carbonyl (C=O) groups is 1. The molecular formula is C21H27N2O3S+. The number of anilines is 1. The highest BCUT2D eigenvalue weighted by atomic mass is 32.1. The number of thiophene rings is 1. The Hall–Kier alpha value is -2.05. The van der Waals surface area contributed by atoms with Crippen molar-refractivity contribution < 1.29 is 19.2 Å². The van der Waals surface area contributed by atoms with Gasteiger partial charge >= 0.3 is 0 Å². The first-order valence-electron chi connectivity index (χ1n) is 9.75. The van der Waals surface area contributed by atoms with E-state index in [4.69, 9.17) is 9.47 Å². The van der Waals surface area contributed by atoms with E-state index >= 15 is 0 Å². The van der Waals surface area contributed by atoms with Crippen molar-refractivity contribution in [1.82, 2.24) is 0 Å². The van der Waals surface area contributed by atoms with Crippen LogP contribution >= 0.6 is 11.3 Å². The van der Waals surface area contributed by atoms with Crippen molar-refractivity contribution in [2.75, 3.05) is 37.7 Å². The van der Waals surface area contributed by atoms with Crippen LogP contribution in [0.2, 0.25) is 0 Å². The molecule has 1 aromatic heterocycles. The highest BCUT2D eigenvalue weighted by molar-refractivity contribution is 7.09. The lowest BCUT2D eigenvalue weighted by Gasteiger charge is -2.30. The molecular weight excluding hydrogens is 360 g/mol. The van der Waals surface area contributed by atoms with Crippen molar-refractivity contribution in [2.24, 2.45) is 5.92 Å². The number of rotatable bonds is 5. The van der Waals surface area contributed by atoms with Gasteiger partial charge < -0.3 is 19.3 Å². The quantitative estimate of drug-likeness (QED) is 0.857. The molecule has 0 aliphatic carbocycles. The summed E-state index contributed by atoms with van der Waals surface area (Å²) in [5.74, 6) is 2.43. The summed E-state index contributed by atoms with van der Waals surface area (Å²) in [6.07, 6.45) is 2.41. The van der Waals surface area contributed by atoms with Gasteiger partial charge in [0.05, 0.1) is 19.6 Å². The number of fused-ring (bicyclic) bond motifs is 1. The first kappa shape index (κ1) is 18.3. The fourth-order valence-electron chi connectivity index (χ4n) is 3.74. The van der Waals surface area contributed by atoms with Crippen LogP contribution < -0.4 is 19.3 Å². The summed E-state index contributed by atoms with van der Waals surface area (Å²) in [6.45, 7) is 6.73. The minimum Gasteiger partial charge on any atom is -0.486 e. The molecule has 1 saturated heterocycles. The second kappa shape index (κ2) is 8.31. The first-order valence-corrected chi connectivity index (χ1v) is 10.6.